The monoisotopic (exact) mass is 262 g/mol. The van der Waals surface area contributed by atoms with E-state index in [2.05, 4.69) is 4.98 Å². The number of hydrogen-bond acceptors (Lipinski definition) is 5. The van der Waals surface area contributed by atoms with Crippen LogP contribution < -0.4 is 5.73 Å². The number of aromatic hydroxyl groups is 1. The van der Waals surface area contributed by atoms with Crippen molar-refractivity contribution in [3.8, 4) is 5.75 Å². The smallest absolute Gasteiger partial charge is 0.141 e. The van der Waals surface area contributed by atoms with Gasteiger partial charge in [-0.2, -0.15) is 11.8 Å². The molecule has 94 valence electrons. The molecule has 1 atom stereocenters. The minimum Gasteiger partial charge on any atom is -0.506 e. The topological polar surface area (TPSA) is 76.2 Å². The number of phenols is 1. The number of carbonyl (C=O) groups excluding carboxylic acids is 1. The molecular formula is C13H14N2O2S. The van der Waals surface area contributed by atoms with Gasteiger partial charge >= 0.3 is 0 Å². The van der Waals surface area contributed by atoms with Gasteiger partial charge in [-0.05, 0) is 17.7 Å². The molecule has 0 radical (unpaired) electrons. The molecule has 3 N–H and O–H groups in total. The number of hydrogen-bond donors (Lipinski definition) is 2. The van der Waals surface area contributed by atoms with Crippen LogP contribution in [-0.4, -0.2) is 28.2 Å². The molecule has 1 aromatic heterocycles. The second kappa shape index (κ2) is 5.84. The molecule has 0 aliphatic heterocycles. The first-order chi connectivity index (χ1) is 8.72. The Morgan fingerprint density at radius 3 is 3.06 bits per heavy atom. The number of pyridine rings is 1. The van der Waals surface area contributed by atoms with Crippen molar-refractivity contribution >= 4 is 29.0 Å². The zero-order chi connectivity index (χ0) is 13.0. The van der Waals surface area contributed by atoms with Gasteiger partial charge in [-0.15, -0.1) is 0 Å². The Morgan fingerprint density at radius 2 is 2.28 bits per heavy atom. The summed E-state index contributed by atoms with van der Waals surface area (Å²) in [6, 6.07) is 6.87. The van der Waals surface area contributed by atoms with Gasteiger partial charge in [0.05, 0.1) is 6.04 Å². The predicted octanol–water partition coefficient (Wildman–Crippen LogP) is 1.70. The van der Waals surface area contributed by atoms with Crippen molar-refractivity contribution in [2.45, 2.75) is 11.8 Å². The van der Waals surface area contributed by atoms with Crippen LogP contribution >= 0.6 is 11.8 Å². The summed E-state index contributed by atoms with van der Waals surface area (Å²) < 4.78 is 0. The fourth-order valence-electron chi connectivity index (χ4n) is 1.69. The van der Waals surface area contributed by atoms with E-state index in [1.54, 1.807) is 24.0 Å². The second-order valence-electron chi connectivity index (χ2n) is 3.96. The molecule has 2 aromatic rings. The molecule has 18 heavy (non-hydrogen) atoms. The van der Waals surface area contributed by atoms with Gasteiger partial charge in [0, 0.05) is 23.1 Å². The van der Waals surface area contributed by atoms with Crippen LogP contribution in [0.4, 0.5) is 0 Å². The second-order valence-corrected chi connectivity index (χ2v) is 4.99. The normalized spacial score (nSPS) is 12.5. The van der Waals surface area contributed by atoms with Crippen LogP contribution in [0.3, 0.4) is 0 Å². The minimum atomic E-state index is -0.420. The van der Waals surface area contributed by atoms with E-state index in [9.17, 15) is 9.90 Å². The molecule has 4 nitrogen and oxygen atoms in total. The number of aldehydes is 1. The third kappa shape index (κ3) is 2.80. The highest BCUT2D eigenvalue weighted by molar-refractivity contribution is 7.98. The van der Waals surface area contributed by atoms with E-state index in [-0.39, 0.29) is 5.75 Å². The van der Waals surface area contributed by atoms with Crippen molar-refractivity contribution in [3.63, 3.8) is 0 Å². The summed E-state index contributed by atoms with van der Waals surface area (Å²) in [5, 5.41) is 10.6. The first kappa shape index (κ1) is 12.9. The summed E-state index contributed by atoms with van der Waals surface area (Å²) >= 11 is 1.59. The molecule has 0 unspecified atom stereocenters. The zero-order valence-corrected chi connectivity index (χ0v) is 10.6. The predicted molar refractivity (Wildman–Crippen MR) is 73.6 cm³/mol. The maximum Gasteiger partial charge on any atom is 0.141 e. The maximum absolute atomic E-state index is 10.4. The number of phenolic OH excluding ortho intramolecular Hbond substituents is 1. The van der Waals surface area contributed by atoms with E-state index < -0.39 is 6.04 Å². The van der Waals surface area contributed by atoms with Crippen LogP contribution in [0.5, 0.6) is 5.75 Å². The van der Waals surface area contributed by atoms with E-state index in [4.69, 9.17) is 5.73 Å². The third-order valence-corrected chi connectivity index (χ3v) is 3.72. The van der Waals surface area contributed by atoms with Crippen molar-refractivity contribution in [1.82, 2.24) is 4.98 Å². The fourth-order valence-corrected chi connectivity index (χ4v) is 2.63. The highest BCUT2D eigenvalue weighted by Gasteiger charge is 2.07. The molecule has 0 aliphatic rings. The van der Waals surface area contributed by atoms with Crippen molar-refractivity contribution in [2.24, 2.45) is 5.73 Å². The van der Waals surface area contributed by atoms with Crippen molar-refractivity contribution in [2.75, 3.05) is 5.75 Å². The lowest BCUT2D eigenvalue weighted by molar-refractivity contribution is -0.108. The molecule has 0 bridgehead atoms. The van der Waals surface area contributed by atoms with Crippen LogP contribution in [0.2, 0.25) is 0 Å². The van der Waals surface area contributed by atoms with Gasteiger partial charge in [-0.1, -0.05) is 12.1 Å². The van der Waals surface area contributed by atoms with Crippen molar-refractivity contribution in [1.29, 1.82) is 0 Å². The van der Waals surface area contributed by atoms with Gasteiger partial charge in [0.25, 0.3) is 0 Å². The zero-order valence-electron chi connectivity index (χ0n) is 9.74. The van der Waals surface area contributed by atoms with Gasteiger partial charge in [0.15, 0.2) is 0 Å². The van der Waals surface area contributed by atoms with Crippen LogP contribution in [-0.2, 0) is 10.5 Å². The number of benzene rings is 1. The van der Waals surface area contributed by atoms with Gasteiger partial charge in [0.1, 0.15) is 17.6 Å². The quantitative estimate of drug-likeness (QED) is 0.802. The standard InChI is InChI=1S/C13H14N2O2S/c14-10(6-16)8-18-7-9-3-4-12(17)13-11(9)2-1-5-15-13/h1-6,10,17H,7-8,14H2/t10-/m1/s1. The molecule has 1 aromatic carbocycles. The molecule has 0 aliphatic carbocycles. The van der Waals surface area contributed by atoms with E-state index in [0.29, 0.717) is 11.3 Å². The van der Waals surface area contributed by atoms with Gasteiger partial charge < -0.3 is 15.6 Å². The van der Waals surface area contributed by atoms with E-state index in [1.807, 2.05) is 18.2 Å². The summed E-state index contributed by atoms with van der Waals surface area (Å²) in [4.78, 5) is 14.6. The average Bonchev–Trinajstić information content (AvgIpc) is 2.41. The SMILES string of the molecule is N[C@H](C=O)CSCc1ccc(O)c2ncccc12. The number of fused-ring (bicyclic) bond motifs is 1. The average molecular weight is 262 g/mol. The number of thioether (sulfide) groups is 1. The lowest BCUT2D eigenvalue weighted by Crippen LogP contribution is -2.24. The Morgan fingerprint density at radius 1 is 1.44 bits per heavy atom. The number of nitrogens with zero attached hydrogens (tertiary/aromatic N) is 1. The summed E-state index contributed by atoms with van der Waals surface area (Å²) in [6.07, 6.45) is 2.41. The lowest BCUT2D eigenvalue weighted by atomic mass is 10.1. The first-order valence-electron chi connectivity index (χ1n) is 5.56. The number of nitrogens with two attached hydrogens (primary N) is 1. The largest absolute Gasteiger partial charge is 0.506 e. The Balaban J connectivity index is 2.18. The van der Waals surface area contributed by atoms with Crippen LogP contribution in [0, 0.1) is 0 Å². The molecule has 0 saturated heterocycles. The Labute approximate surface area is 109 Å². The number of carbonyl (C=O) groups is 1. The molecule has 5 heteroatoms. The van der Waals surface area contributed by atoms with Gasteiger partial charge in [0.2, 0.25) is 0 Å². The van der Waals surface area contributed by atoms with Crippen molar-refractivity contribution in [3.05, 3.63) is 36.0 Å². The molecule has 2 rings (SSSR count). The van der Waals surface area contributed by atoms with Gasteiger partial charge in [-0.25, -0.2) is 0 Å². The molecule has 1 heterocycles. The van der Waals surface area contributed by atoms with E-state index in [1.165, 1.54) is 0 Å². The highest BCUT2D eigenvalue weighted by atomic mass is 32.2. The minimum absolute atomic E-state index is 0.184. The highest BCUT2D eigenvalue weighted by Crippen LogP contribution is 2.27. The van der Waals surface area contributed by atoms with Crippen molar-refractivity contribution < 1.29 is 9.90 Å². The summed E-state index contributed by atoms with van der Waals surface area (Å²) in [7, 11) is 0. The molecular weight excluding hydrogens is 248 g/mol. The summed E-state index contributed by atoms with van der Waals surface area (Å²) in [5.41, 5.74) is 7.22. The van der Waals surface area contributed by atoms with Crippen LogP contribution in [0.1, 0.15) is 5.56 Å². The molecule has 0 fully saturated rings. The number of aromatic nitrogens is 1. The maximum atomic E-state index is 10.4. The van der Waals surface area contributed by atoms with Crippen LogP contribution in [0.25, 0.3) is 10.9 Å². The molecule has 0 spiro atoms. The third-order valence-electron chi connectivity index (χ3n) is 2.58. The number of rotatable bonds is 5. The fraction of sp³-hybridized carbons (Fsp3) is 0.231. The van der Waals surface area contributed by atoms with E-state index >= 15 is 0 Å². The summed E-state index contributed by atoms with van der Waals surface area (Å²) in [5.74, 6) is 1.51. The lowest BCUT2D eigenvalue weighted by Gasteiger charge is -2.08. The Hall–Kier alpha value is -1.59. The first-order valence-corrected chi connectivity index (χ1v) is 6.72. The van der Waals surface area contributed by atoms with Crippen LogP contribution in [0.15, 0.2) is 30.5 Å². The van der Waals surface area contributed by atoms with E-state index in [0.717, 1.165) is 23.0 Å². The molecule has 0 saturated carbocycles. The summed E-state index contributed by atoms with van der Waals surface area (Å²) in [6.45, 7) is 0. The van der Waals surface area contributed by atoms with Gasteiger partial charge in [-0.3, -0.25) is 4.98 Å². The molecule has 0 amide bonds. The Kier molecular flexibility index (Phi) is 4.17. The Bertz CT molecular complexity index is 560.